The predicted octanol–water partition coefficient (Wildman–Crippen LogP) is 5.87. The summed E-state index contributed by atoms with van der Waals surface area (Å²) in [6, 6.07) is 19.3. The minimum atomic E-state index is -0.373. The lowest BCUT2D eigenvalue weighted by atomic mass is 10.0. The van der Waals surface area contributed by atoms with Gasteiger partial charge in [-0.15, -0.1) is 0 Å². The van der Waals surface area contributed by atoms with Crippen LogP contribution < -0.4 is 10.9 Å². The highest BCUT2D eigenvalue weighted by Gasteiger charge is 2.17. The van der Waals surface area contributed by atoms with Crippen LogP contribution in [0.4, 0.5) is 14.9 Å². The van der Waals surface area contributed by atoms with Crippen LogP contribution >= 0.6 is 0 Å². The Morgan fingerprint density at radius 3 is 2.44 bits per heavy atom. The van der Waals surface area contributed by atoms with Gasteiger partial charge in [0.1, 0.15) is 5.82 Å². The van der Waals surface area contributed by atoms with Crippen molar-refractivity contribution < 1.29 is 9.18 Å². The molecule has 34 heavy (non-hydrogen) atoms. The lowest BCUT2D eigenvalue weighted by molar-refractivity contribution is 0.209. The smallest absolute Gasteiger partial charge is 0.321 e. The molecular weight excluding hydrogens is 429 g/mol. The highest BCUT2D eigenvalue weighted by Crippen LogP contribution is 2.20. The van der Waals surface area contributed by atoms with Crippen molar-refractivity contribution >= 4 is 22.6 Å². The molecule has 2 N–H and O–H groups in total. The van der Waals surface area contributed by atoms with Crippen molar-refractivity contribution in [2.24, 2.45) is 0 Å². The molecule has 4 aromatic rings. The first-order valence-corrected chi connectivity index (χ1v) is 11.3. The maximum absolute atomic E-state index is 13.3. The van der Waals surface area contributed by atoms with Crippen LogP contribution in [0.25, 0.3) is 10.9 Å². The number of rotatable bonds is 6. The SMILES string of the molecule is Cc1cccc(CCN(Cc2cc3c(C)ccc(C)c3[nH]c2=O)C(=O)Nc2ccc(F)cc2)c1. The molecule has 6 heteroatoms. The Morgan fingerprint density at radius 2 is 1.71 bits per heavy atom. The second-order valence-corrected chi connectivity index (χ2v) is 8.71. The fourth-order valence-corrected chi connectivity index (χ4v) is 4.06. The van der Waals surface area contributed by atoms with Crippen LogP contribution in [0.5, 0.6) is 0 Å². The molecule has 0 saturated carbocycles. The number of carbonyl (C=O) groups excluding carboxylic acids is 1. The summed E-state index contributed by atoms with van der Waals surface area (Å²) in [6.07, 6.45) is 0.641. The summed E-state index contributed by atoms with van der Waals surface area (Å²) in [5, 5.41) is 3.79. The number of aromatic nitrogens is 1. The third-order valence-electron chi connectivity index (χ3n) is 6.02. The van der Waals surface area contributed by atoms with Gasteiger partial charge in [-0.1, -0.05) is 42.0 Å². The molecule has 0 spiro atoms. The first-order valence-electron chi connectivity index (χ1n) is 11.3. The van der Waals surface area contributed by atoms with Crippen molar-refractivity contribution in [3.63, 3.8) is 0 Å². The zero-order valence-corrected chi connectivity index (χ0v) is 19.6. The van der Waals surface area contributed by atoms with E-state index in [1.807, 2.05) is 57.2 Å². The number of anilines is 1. The second kappa shape index (κ2) is 9.91. The van der Waals surface area contributed by atoms with Crippen LogP contribution in [0.1, 0.15) is 27.8 Å². The number of hydrogen-bond acceptors (Lipinski definition) is 2. The minimum absolute atomic E-state index is 0.150. The van der Waals surface area contributed by atoms with E-state index in [2.05, 4.69) is 16.4 Å². The van der Waals surface area contributed by atoms with Gasteiger partial charge in [0.05, 0.1) is 12.1 Å². The van der Waals surface area contributed by atoms with E-state index < -0.39 is 0 Å². The van der Waals surface area contributed by atoms with Gasteiger partial charge in [-0.25, -0.2) is 9.18 Å². The summed E-state index contributed by atoms with van der Waals surface area (Å²) in [5.41, 5.74) is 5.92. The maximum atomic E-state index is 13.3. The molecule has 0 aliphatic rings. The fourth-order valence-electron chi connectivity index (χ4n) is 4.06. The lowest BCUT2D eigenvalue weighted by Crippen LogP contribution is -2.37. The van der Waals surface area contributed by atoms with Gasteiger partial charge in [0.25, 0.3) is 5.56 Å². The number of nitrogens with zero attached hydrogens (tertiary/aromatic N) is 1. The number of pyridine rings is 1. The summed E-state index contributed by atoms with van der Waals surface area (Å²) < 4.78 is 13.3. The van der Waals surface area contributed by atoms with E-state index in [4.69, 9.17) is 0 Å². The number of fused-ring (bicyclic) bond motifs is 1. The second-order valence-electron chi connectivity index (χ2n) is 8.71. The number of benzene rings is 3. The fraction of sp³-hybridized carbons (Fsp3) is 0.214. The highest BCUT2D eigenvalue weighted by molar-refractivity contribution is 5.89. The van der Waals surface area contributed by atoms with Crippen LogP contribution in [-0.4, -0.2) is 22.5 Å². The molecule has 0 bridgehead atoms. The standard InChI is InChI=1S/C28H28FN3O2/c1-18-5-4-6-21(15-18)13-14-32(28(34)30-24-11-9-23(29)10-12-24)17-22-16-25-19(2)7-8-20(3)26(25)31-27(22)33/h4-12,15-16H,13-14,17H2,1-3H3,(H,30,34)(H,31,33). The molecule has 0 aliphatic carbocycles. The lowest BCUT2D eigenvalue weighted by Gasteiger charge is -2.23. The summed E-state index contributed by atoms with van der Waals surface area (Å²) in [5.74, 6) is -0.373. The third kappa shape index (κ3) is 5.34. The van der Waals surface area contributed by atoms with Crippen molar-refractivity contribution in [2.75, 3.05) is 11.9 Å². The van der Waals surface area contributed by atoms with E-state index in [1.54, 1.807) is 4.90 Å². The first kappa shape index (κ1) is 23.2. The van der Waals surface area contributed by atoms with Crippen molar-refractivity contribution in [3.05, 3.63) is 111 Å². The molecular formula is C28H28FN3O2. The zero-order chi connectivity index (χ0) is 24.2. The average molecular weight is 458 g/mol. The topological polar surface area (TPSA) is 65.2 Å². The van der Waals surface area contributed by atoms with Gasteiger partial charge in [-0.2, -0.15) is 0 Å². The molecule has 174 valence electrons. The molecule has 0 atom stereocenters. The number of amides is 2. The van der Waals surface area contributed by atoms with Gasteiger partial charge < -0.3 is 15.2 Å². The van der Waals surface area contributed by atoms with Crippen LogP contribution in [0, 0.1) is 26.6 Å². The summed E-state index contributed by atoms with van der Waals surface area (Å²) in [6.45, 7) is 6.56. The summed E-state index contributed by atoms with van der Waals surface area (Å²) in [7, 11) is 0. The molecule has 4 rings (SSSR count). The number of aromatic amines is 1. The number of halogens is 1. The van der Waals surface area contributed by atoms with Gasteiger partial charge in [-0.05, 0) is 74.2 Å². The Bertz CT molecular complexity index is 1390. The molecule has 3 aromatic carbocycles. The Kier molecular flexibility index (Phi) is 6.77. The number of nitrogens with one attached hydrogen (secondary N) is 2. The number of carbonyl (C=O) groups is 1. The van der Waals surface area contributed by atoms with Crippen molar-refractivity contribution in [1.29, 1.82) is 0 Å². The quantitative estimate of drug-likeness (QED) is 0.380. The molecule has 2 amide bonds. The Balaban J connectivity index is 1.63. The summed E-state index contributed by atoms with van der Waals surface area (Å²) >= 11 is 0. The van der Waals surface area contributed by atoms with Gasteiger partial charge >= 0.3 is 6.03 Å². The molecule has 1 heterocycles. The van der Waals surface area contributed by atoms with Crippen molar-refractivity contribution in [3.8, 4) is 0 Å². The average Bonchev–Trinajstić information content (AvgIpc) is 2.81. The van der Waals surface area contributed by atoms with E-state index in [0.29, 0.717) is 24.2 Å². The largest absolute Gasteiger partial charge is 0.322 e. The van der Waals surface area contributed by atoms with Crippen LogP contribution in [0.2, 0.25) is 0 Å². The van der Waals surface area contributed by atoms with E-state index in [1.165, 1.54) is 24.3 Å². The predicted molar refractivity (Wildman–Crippen MR) is 135 cm³/mol. The summed E-state index contributed by atoms with van der Waals surface area (Å²) in [4.78, 5) is 30.7. The van der Waals surface area contributed by atoms with Crippen molar-refractivity contribution in [1.82, 2.24) is 9.88 Å². The van der Waals surface area contributed by atoms with E-state index >= 15 is 0 Å². The minimum Gasteiger partial charge on any atom is -0.321 e. The Labute approximate surface area is 198 Å². The van der Waals surface area contributed by atoms with E-state index in [-0.39, 0.29) is 24.0 Å². The Hall–Kier alpha value is -3.93. The van der Waals surface area contributed by atoms with Crippen LogP contribution in [0.15, 0.2) is 71.5 Å². The zero-order valence-electron chi connectivity index (χ0n) is 19.6. The molecule has 1 aromatic heterocycles. The van der Waals surface area contributed by atoms with Gasteiger partial charge in [-0.3, -0.25) is 4.79 Å². The van der Waals surface area contributed by atoms with E-state index in [0.717, 1.165) is 33.2 Å². The van der Waals surface area contributed by atoms with Crippen LogP contribution in [-0.2, 0) is 13.0 Å². The number of aryl methyl sites for hydroxylation is 3. The third-order valence-corrected chi connectivity index (χ3v) is 6.02. The highest BCUT2D eigenvalue weighted by atomic mass is 19.1. The van der Waals surface area contributed by atoms with Crippen molar-refractivity contribution in [2.45, 2.75) is 33.7 Å². The molecule has 0 fully saturated rings. The maximum Gasteiger partial charge on any atom is 0.322 e. The normalized spacial score (nSPS) is 10.9. The number of H-pyrrole nitrogens is 1. The molecule has 0 aliphatic heterocycles. The molecule has 0 radical (unpaired) electrons. The monoisotopic (exact) mass is 457 g/mol. The van der Waals surface area contributed by atoms with E-state index in [9.17, 15) is 14.0 Å². The van der Waals surface area contributed by atoms with Gasteiger partial charge in [0, 0.05) is 23.2 Å². The number of urea groups is 1. The molecule has 5 nitrogen and oxygen atoms in total. The molecule has 0 saturated heterocycles. The molecule has 0 unspecified atom stereocenters. The van der Waals surface area contributed by atoms with Gasteiger partial charge in [0.15, 0.2) is 0 Å². The van der Waals surface area contributed by atoms with Crippen LogP contribution in [0.3, 0.4) is 0 Å². The Morgan fingerprint density at radius 1 is 0.971 bits per heavy atom. The number of hydrogen-bond donors (Lipinski definition) is 2. The van der Waals surface area contributed by atoms with Gasteiger partial charge in [0.2, 0.25) is 0 Å². The first-order chi connectivity index (χ1) is 16.3.